The van der Waals surface area contributed by atoms with Crippen molar-refractivity contribution >= 4 is 5.78 Å². The Labute approximate surface area is 82.0 Å². The highest BCUT2D eigenvalue weighted by Crippen LogP contribution is 2.20. The van der Waals surface area contributed by atoms with Gasteiger partial charge in [-0.1, -0.05) is 25.1 Å². The largest absolute Gasteiger partial charge is 0.298 e. The van der Waals surface area contributed by atoms with Crippen LogP contribution in [0, 0.1) is 17.1 Å². The lowest BCUT2D eigenvalue weighted by Gasteiger charge is -2.07. The molecule has 0 spiro atoms. The van der Waals surface area contributed by atoms with Gasteiger partial charge in [-0.3, -0.25) is 4.79 Å². The van der Waals surface area contributed by atoms with E-state index in [2.05, 4.69) is 0 Å². The number of rotatable bonds is 3. The topological polar surface area (TPSA) is 40.9 Å². The van der Waals surface area contributed by atoms with Gasteiger partial charge in [-0.2, -0.15) is 5.26 Å². The minimum atomic E-state index is -0.971. The molecule has 1 aromatic rings. The zero-order chi connectivity index (χ0) is 10.6. The molecule has 1 aromatic carbocycles. The van der Waals surface area contributed by atoms with Crippen molar-refractivity contribution in [3.05, 3.63) is 35.6 Å². The van der Waals surface area contributed by atoms with Crippen LogP contribution < -0.4 is 0 Å². The number of nitriles is 1. The van der Waals surface area contributed by atoms with Crippen LogP contribution in [0.15, 0.2) is 24.3 Å². The summed E-state index contributed by atoms with van der Waals surface area (Å²) in [5.41, 5.74) is 0.168. The molecule has 14 heavy (non-hydrogen) atoms. The van der Waals surface area contributed by atoms with Gasteiger partial charge >= 0.3 is 0 Å². The Morgan fingerprint density at radius 2 is 2.21 bits per heavy atom. The van der Waals surface area contributed by atoms with Gasteiger partial charge in [-0.15, -0.1) is 0 Å². The summed E-state index contributed by atoms with van der Waals surface area (Å²) in [6.45, 7) is 1.66. The van der Waals surface area contributed by atoms with E-state index in [0.717, 1.165) is 0 Å². The van der Waals surface area contributed by atoms with Crippen molar-refractivity contribution in [1.29, 1.82) is 5.26 Å². The molecule has 0 fully saturated rings. The zero-order valence-corrected chi connectivity index (χ0v) is 7.83. The van der Waals surface area contributed by atoms with Crippen LogP contribution in [0.5, 0.6) is 0 Å². The molecule has 2 nitrogen and oxygen atoms in total. The number of hydrogen-bond acceptors (Lipinski definition) is 2. The van der Waals surface area contributed by atoms with E-state index in [9.17, 15) is 9.18 Å². The third-order valence-corrected chi connectivity index (χ3v) is 2.02. The van der Waals surface area contributed by atoms with Crippen LogP contribution in [0.2, 0.25) is 0 Å². The summed E-state index contributed by atoms with van der Waals surface area (Å²) in [7, 11) is 0. The quantitative estimate of drug-likeness (QED) is 0.736. The second-order valence-electron chi connectivity index (χ2n) is 2.90. The first-order chi connectivity index (χ1) is 6.70. The molecule has 0 aliphatic rings. The van der Waals surface area contributed by atoms with E-state index in [0.29, 0.717) is 0 Å². The maximum absolute atomic E-state index is 13.2. The SMILES string of the molecule is CCC(=O)[C@@H](C#N)c1ccccc1F. The van der Waals surface area contributed by atoms with Crippen LogP contribution >= 0.6 is 0 Å². The van der Waals surface area contributed by atoms with E-state index < -0.39 is 11.7 Å². The first kappa shape index (κ1) is 10.4. The second kappa shape index (κ2) is 4.52. The zero-order valence-electron chi connectivity index (χ0n) is 7.83. The first-order valence-electron chi connectivity index (χ1n) is 4.37. The summed E-state index contributed by atoms with van der Waals surface area (Å²) < 4.78 is 13.2. The molecule has 0 heterocycles. The van der Waals surface area contributed by atoms with Crippen molar-refractivity contribution in [2.45, 2.75) is 19.3 Å². The Morgan fingerprint density at radius 3 is 2.71 bits per heavy atom. The molecular weight excluding hydrogens is 181 g/mol. The van der Waals surface area contributed by atoms with Crippen LogP contribution in [0.4, 0.5) is 4.39 Å². The minimum absolute atomic E-state index is 0.168. The van der Waals surface area contributed by atoms with Crippen molar-refractivity contribution in [1.82, 2.24) is 0 Å². The normalized spacial score (nSPS) is 11.8. The van der Waals surface area contributed by atoms with E-state index >= 15 is 0 Å². The molecule has 1 rings (SSSR count). The molecule has 0 unspecified atom stereocenters. The highest BCUT2D eigenvalue weighted by atomic mass is 19.1. The standard InChI is InChI=1S/C11H10FNO/c1-2-11(14)9(7-13)8-5-3-4-6-10(8)12/h3-6,9H,2H2,1H3/t9-/m0/s1. The first-order valence-corrected chi connectivity index (χ1v) is 4.37. The summed E-state index contributed by atoms with van der Waals surface area (Å²) in [4.78, 5) is 11.3. The van der Waals surface area contributed by atoms with Crippen molar-refractivity contribution in [2.24, 2.45) is 0 Å². The maximum Gasteiger partial charge on any atom is 0.154 e. The third-order valence-electron chi connectivity index (χ3n) is 2.02. The molecule has 0 aliphatic carbocycles. The highest BCUT2D eigenvalue weighted by molar-refractivity contribution is 5.88. The molecule has 0 aliphatic heterocycles. The second-order valence-corrected chi connectivity index (χ2v) is 2.90. The number of ketones is 1. The van der Waals surface area contributed by atoms with Crippen molar-refractivity contribution in [3.8, 4) is 6.07 Å². The van der Waals surface area contributed by atoms with Gasteiger partial charge in [-0.25, -0.2) is 4.39 Å². The Kier molecular flexibility index (Phi) is 3.35. The molecule has 0 radical (unpaired) electrons. The van der Waals surface area contributed by atoms with E-state index in [1.165, 1.54) is 18.2 Å². The predicted octanol–water partition coefficient (Wildman–Crippen LogP) is 2.41. The molecule has 1 atom stereocenters. The molecule has 0 saturated heterocycles. The summed E-state index contributed by atoms with van der Waals surface area (Å²) in [6, 6.07) is 7.69. The van der Waals surface area contributed by atoms with Crippen LogP contribution in [-0.4, -0.2) is 5.78 Å². The van der Waals surface area contributed by atoms with E-state index in [1.807, 2.05) is 6.07 Å². The molecule has 0 aromatic heterocycles. The van der Waals surface area contributed by atoms with Gasteiger partial charge in [0.05, 0.1) is 6.07 Å². The van der Waals surface area contributed by atoms with Gasteiger partial charge in [0.2, 0.25) is 0 Å². The average Bonchev–Trinajstić information content (AvgIpc) is 2.21. The van der Waals surface area contributed by atoms with Crippen molar-refractivity contribution in [2.75, 3.05) is 0 Å². The fraction of sp³-hybridized carbons (Fsp3) is 0.273. The lowest BCUT2D eigenvalue weighted by atomic mass is 9.94. The maximum atomic E-state index is 13.2. The Bertz CT molecular complexity index is 381. The molecule has 0 bridgehead atoms. The number of nitrogens with zero attached hydrogens (tertiary/aromatic N) is 1. The number of hydrogen-bond donors (Lipinski definition) is 0. The third kappa shape index (κ3) is 1.97. The molecule has 0 amide bonds. The van der Waals surface area contributed by atoms with Gasteiger partial charge < -0.3 is 0 Å². The van der Waals surface area contributed by atoms with Crippen molar-refractivity contribution in [3.63, 3.8) is 0 Å². The lowest BCUT2D eigenvalue weighted by Crippen LogP contribution is -2.10. The smallest absolute Gasteiger partial charge is 0.154 e. The van der Waals surface area contributed by atoms with Gasteiger partial charge in [0.1, 0.15) is 11.7 Å². The van der Waals surface area contributed by atoms with Crippen LogP contribution in [0.25, 0.3) is 0 Å². The monoisotopic (exact) mass is 191 g/mol. The van der Waals surface area contributed by atoms with E-state index in [-0.39, 0.29) is 17.8 Å². The van der Waals surface area contributed by atoms with Gasteiger partial charge in [0.15, 0.2) is 5.78 Å². The minimum Gasteiger partial charge on any atom is -0.298 e. The lowest BCUT2D eigenvalue weighted by molar-refractivity contribution is -0.119. The summed E-state index contributed by atoms with van der Waals surface area (Å²) in [5.74, 6) is -1.72. The number of benzene rings is 1. The van der Waals surface area contributed by atoms with Gasteiger partial charge in [-0.05, 0) is 6.07 Å². The predicted molar refractivity (Wildman–Crippen MR) is 50.1 cm³/mol. The molecule has 0 N–H and O–H groups in total. The van der Waals surface area contributed by atoms with Crippen LogP contribution in [0.1, 0.15) is 24.8 Å². The van der Waals surface area contributed by atoms with Crippen LogP contribution in [0.3, 0.4) is 0 Å². The molecular formula is C11H10FNO. The van der Waals surface area contributed by atoms with E-state index in [1.54, 1.807) is 13.0 Å². The number of halogens is 1. The summed E-state index contributed by atoms with van der Waals surface area (Å²) in [5, 5.41) is 8.77. The Hall–Kier alpha value is -1.69. The molecule has 3 heteroatoms. The van der Waals surface area contributed by atoms with Gasteiger partial charge in [0.25, 0.3) is 0 Å². The highest BCUT2D eigenvalue weighted by Gasteiger charge is 2.20. The fourth-order valence-electron chi connectivity index (χ4n) is 1.23. The number of carbonyl (C=O) groups is 1. The van der Waals surface area contributed by atoms with Crippen LogP contribution in [-0.2, 0) is 4.79 Å². The molecule has 0 saturated carbocycles. The average molecular weight is 191 g/mol. The fourth-order valence-corrected chi connectivity index (χ4v) is 1.23. The van der Waals surface area contributed by atoms with E-state index in [4.69, 9.17) is 5.26 Å². The van der Waals surface area contributed by atoms with Crippen molar-refractivity contribution < 1.29 is 9.18 Å². The summed E-state index contributed by atoms with van der Waals surface area (Å²) in [6.07, 6.45) is 0.243. The molecule has 72 valence electrons. The van der Waals surface area contributed by atoms with Gasteiger partial charge in [0, 0.05) is 12.0 Å². The number of Topliss-reactive ketones (excluding diaryl/α,β-unsaturated/α-hetero) is 1. The number of carbonyl (C=O) groups excluding carboxylic acids is 1. The Morgan fingerprint density at radius 1 is 1.57 bits per heavy atom. The summed E-state index contributed by atoms with van der Waals surface area (Å²) >= 11 is 0. The Balaban J connectivity index is 3.09.